The summed E-state index contributed by atoms with van der Waals surface area (Å²) in [5.41, 5.74) is 5.62. The SMILES string of the molecule is CC.CCC.CCC.CNC(=O)CCC(N)C(=O)NCCOCCOS.COC. The molecule has 180 valence electrons. The van der Waals surface area contributed by atoms with Gasteiger partial charge in [-0.05, 0) is 19.3 Å². The molecule has 0 aliphatic rings. The van der Waals surface area contributed by atoms with Gasteiger partial charge in [0.25, 0.3) is 0 Å². The van der Waals surface area contributed by atoms with Crippen LogP contribution in [0, 0.1) is 0 Å². The molecule has 2 amide bonds. The quantitative estimate of drug-likeness (QED) is 0.235. The number of hydrogen-bond donors (Lipinski definition) is 4. The molecule has 1 unspecified atom stereocenters. The van der Waals surface area contributed by atoms with Crippen LogP contribution >= 0.6 is 12.9 Å². The Balaban J connectivity index is -0.000000145. The van der Waals surface area contributed by atoms with Crippen LogP contribution in [0.3, 0.4) is 0 Å². The predicted molar refractivity (Wildman–Crippen MR) is 126 cm³/mol. The van der Waals surface area contributed by atoms with Crippen LogP contribution in [-0.4, -0.2) is 65.5 Å². The molecule has 0 aromatic carbocycles. The van der Waals surface area contributed by atoms with Gasteiger partial charge in [-0.15, -0.1) is 0 Å². The molecule has 0 heterocycles. The van der Waals surface area contributed by atoms with E-state index in [1.165, 1.54) is 12.8 Å². The minimum atomic E-state index is -0.678. The number of carbonyl (C=O) groups excluding carboxylic acids is 2. The molecule has 0 aliphatic carbocycles. The second kappa shape index (κ2) is 41.5. The lowest BCUT2D eigenvalue weighted by atomic mass is 10.1. The molecule has 4 N–H and O–H groups in total. The molecule has 0 saturated heterocycles. The third-order valence-corrected chi connectivity index (χ3v) is 2.35. The van der Waals surface area contributed by atoms with Crippen molar-refractivity contribution >= 4 is 24.7 Å². The summed E-state index contributed by atoms with van der Waals surface area (Å²) in [5.74, 6) is -0.415. The monoisotopic (exact) mass is 443 g/mol. The molecule has 0 radical (unpaired) electrons. The fraction of sp³-hybridized carbons (Fsp3) is 0.900. The van der Waals surface area contributed by atoms with Gasteiger partial charge in [0.1, 0.15) is 0 Å². The molecule has 0 spiro atoms. The smallest absolute Gasteiger partial charge is 0.237 e. The van der Waals surface area contributed by atoms with Crippen LogP contribution in [0.2, 0.25) is 0 Å². The van der Waals surface area contributed by atoms with Gasteiger partial charge in [0, 0.05) is 34.2 Å². The fourth-order valence-electron chi connectivity index (χ4n) is 1.12. The van der Waals surface area contributed by atoms with Gasteiger partial charge >= 0.3 is 0 Å². The Morgan fingerprint density at radius 3 is 1.83 bits per heavy atom. The van der Waals surface area contributed by atoms with Crippen molar-refractivity contribution in [3.63, 3.8) is 0 Å². The van der Waals surface area contributed by atoms with Gasteiger partial charge in [-0.3, -0.25) is 9.59 Å². The molecular formula is C20H49N3O5S. The maximum Gasteiger partial charge on any atom is 0.237 e. The van der Waals surface area contributed by atoms with Crippen LogP contribution in [0.5, 0.6) is 0 Å². The second-order valence-electron chi connectivity index (χ2n) is 5.38. The normalized spacial score (nSPS) is 9.48. The predicted octanol–water partition coefficient (Wildman–Crippen LogP) is 2.96. The van der Waals surface area contributed by atoms with E-state index in [1.807, 2.05) is 13.8 Å². The Morgan fingerprint density at radius 1 is 1.00 bits per heavy atom. The molecule has 0 aromatic heterocycles. The van der Waals surface area contributed by atoms with Crippen molar-refractivity contribution in [2.24, 2.45) is 5.73 Å². The molecule has 0 fully saturated rings. The van der Waals surface area contributed by atoms with E-state index in [1.54, 1.807) is 21.3 Å². The minimum absolute atomic E-state index is 0.131. The largest absolute Gasteiger partial charge is 0.388 e. The summed E-state index contributed by atoms with van der Waals surface area (Å²) in [6, 6.07) is -0.678. The van der Waals surface area contributed by atoms with Crippen LogP contribution in [0.1, 0.15) is 67.2 Å². The summed E-state index contributed by atoms with van der Waals surface area (Å²) in [6.45, 7) is 14.1. The first-order valence-electron chi connectivity index (χ1n) is 10.3. The average Bonchev–Trinajstić information content (AvgIpc) is 2.71. The van der Waals surface area contributed by atoms with Crippen molar-refractivity contribution in [3.8, 4) is 0 Å². The molecule has 0 bridgehead atoms. The first-order valence-corrected chi connectivity index (χ1v) is 10.7. The number of carbonyl (C=O) groups is 2. The molecule has 0 aromatic rings. The number of methoxy groups -OCH3 is 1. The zero-order valence-electron chi connectivity index (χ0n) is 20.3. The molecule has 1 atom stereocenters. The third kappa shape index (κ3) is 52.1. The first-order chi connectivity index (χ1) is 13.9. The van der Waals surface area contributed by atoms with Crippen LogP contribution in [0.4, 0.5) is 0 Å². The minimum Gasteiger partial charge on any atom is -0.388 e. The molecular weight excluding hydrogens is 394 g/mol. The number of nitrogens with one attached hydrogen (secondary N) is 2. The Hall–Kier alpha value is -0.870. The lowest BCUT2D eigenvalue weighted by Gasteiger charge is -2.11. The molecule has 9 heteroatoms. The Labute approximate surface area is 185 Å². The Kier molecular flexibility index (Phi) is 55.4. The number of rotatable bonds is 10. The molecule has 0 rings (SSSR count). The number of amides is 2. The van der Waals surface area contributed by atoms with E-state index < -0.39 is 6.04 Å². The second-order valence-corrected chi connectivity index (χ2v) is 5.64. The summed E-state index contributed by atoms with van der Waals surface area (Å²) >= 11 is 3.55. The summed E-state index contributed by atoms with van der Waals surface area (Å²) in [4.78, 5) is 22.4. The molecule has 8 nitrogen and oxygen atoms in total. The van der Waals surface area contributed by atoms with Gasteiger partial charge in [0.15, 0.2) is 0 Å². The van der Waals surface area contributed by atoms with Crippen molar-refractivity contribution < 1.29 is 23.2 Å². The van der Waals surface area contributed by atoms with E-state index in [0.717, 1.165) is 0 Å². The highest BCUT2D eigenvalue weighted by atomic mass is 32.1. The van der Waals surface area contributed by atoms with Crippen LogP contribution in [-0.2, 0) is 23.2 Å². The van der Waals surface area contributed by atoms with Crippen molar-refractivity contribution in [2.45, 2.75) is 73.3 Å². The van der Waals surface area contributed by atoms with Crippen LogP contribution in [0.25, 0.3) is 0 Å². The maximum atomic E-state index is 11.5. The highest BCUT2D eigenvalue weighted by Gasteiger charge is 2.13. The molecule has 0 aliphatic heterocycles. The van der Waals surface area contributed by atoms with Gasteiger partial charge < -0.3 is 30.0 Å². The number of thiol groups is 1. The van der Waals surface area contributed by atoms with E-state index in [9.17, 15) is 9.59 Å². The van der Waals surface area contributed by atoms with Crippen LogP contribution < -0.4 is 16.4 Å². The molecule has 0 saturated carbocycles. The lowest BCUT2D eigenvalue weighted by molar-refractivity contribution is -0.123. The fourth-order valence-corrected chi connectivity index (χ4v) is 1.19. The average molecular weight is 444 g/mol. The summed E-state index contributed by atoms with van der Waals surface area (Å²) in [7, 11) is 4.79. The summed E-state index contributed by atoms with van der Waals surface area (Å²) in [5, 5.41) is 5.09. The highest BCUT2D eigenvalue weighted by molar-refractivity contribution is 7.75. The van der Waals surface area contributed by atoms with Crippen molar-refractivity contribution in [3.05, 3.63) is 0 Å². The van der Waals surface area contributed by atoms with Gasteiger partial charge in [-0.25, -0.2) is 0 Å². The van der Waals surface area contributed by atoms with E-state index in [-0.39, 0.29) is 18.2 Å². The Morgan fingerprint density at radius 2 is 1.45 bits per heavy atom. The number of hydrogen-bond acceptors (Lipinski definition) is 7. The maximum absolute atomic E-state index is 11.5. The van der Waals surface area contributed by atoms with E-state index in [0.29, 0.717) is 32.8 Å². The van der Waals surface area contributed by atoms with Crippen LogP contribution in [0.15, 0.2) is 0 Å². The van der Waals surface area contributed by atoms with Crippen molar-refractivity contribution in [1.29, 1.82) is 0 Å². The zero-order chi connectivity index (χ0) is 23.9. The van der Waals surface area contributed by atoms with E-state index >= 15 is 0 Å². The van der Waals surface area contributed by atoms with Gasteiger partial charge in [-0.1, -0.05) is 54.4 Å². The van der Waals surface area contributed by atoms with Crippen molar-refractivity contribution in [1.82, 2.24) is 10.6 Å². The summed E-state index contributed by atoms with van der Waals surface area (Å²) < 4.78 is 13.9. The topological polar surface area (TPSA) is 112 Å². The van der Waals surface area contributed by atoms with Gasteiger partial charge in [0.2, 0.25) is 11.8 Å². The first kappa shape index (κ1) is 38.7. The Bertz CT molecular complexity index is 295. The third-order valence-electron chi connectivity index (χ3n) is 2.16. The van der Waals surface area contributed by atoms with Gasteiger partial charge in [-0.2, -0.15) is 0 Å². The number of ether oxygens (including phenoxy) is 2. The van der Waals surface area contributed by atoms with Gasteiger partial charge in [0.05, 0.1) is 25.9 Å². The number of nitrogens with two attached hydrogens (primary N) is 1. The summed E-state index contributed by atoms with van der Waals surface area (Å²) in [6.07, 6.45) is 3.06. The van der Waals surface area contributed by atoms with E-state index in [4.69, 9.17) is 10.5 Å². The van der Waals surface area contributed by atoms with Crippen molar-refractivity contribution in [2.75, 3.05) is 47.6 Å². The molecule has 29 heavy (non-hydrogen) atoms. The lowest BCUT2D eigenvalue weighted by Crippen LogP contribution is -2.42. The standard InChI is InChI=1S/C10H21N3O4S.2C3H8.C2H6O.C2H6/c1-12-9(14)3-2-8(11)10(15)13-4-5-16-6-7-17-18;3*1-3-2;1-2/h8,18H,2-7,11H2,1H3,(H,12,14)(H,13,15);2*3H2,1-2H3;1-2H3;1-2H3. The van der Waals surface area contributed by atoms with E-state index in [2.05, 4.69) is 60.2 Å². The zero-order valence-corrected chi connectivity index (χ0v) is 21.2. The highest BCUT2D eigenvalue weighted by Crippen LogP contribution is 1.94.